The molecule has 0 spiro atoms. The first-order chi connectivity index (χ1) is 13.0. The molecule has 27 heavy (non-hydrogen) atoms. The summed E-state index contributed by atoms with van der Waals surface area (Å²) in [6.07, 6.45) is 0. The minimum atomic E-state index is -0.242. The second-order valence-corrected chi connectivity index (χ2v) is 7.42. The number of methoxy groups -OCH3 is 2. The fourth-order valence-corrected chi connectivity index (χ4v) is 3.49. The summed E-state index contributed by atoms with van der Waals surface area (Å²) in [7, 11) is 3.20. The molecule has 0 heterocycles. The second kappa shape index (κ2) is 10.1. The first-order valence-corrected chi connectivity index (χ1v) is 9.78. The van der Waals surface area contributed by atoms with Gasteiger partial charge in [0.15, 0.2) is 11.5 Å². The van der Waals surface area contributed by atoms with Gasteiger partial charge in [-0.2, -0.15) is 0 Å². The molecule has 2 atom stereocenters. The molecule has 2 aromatic rings. The number of hydrogen-bond acceptors (Lipinski definition) is 5. The van der Waals surface area contributed by atoms with Crippen LogP contribution < -0.4 is 19.5 Å². The molecule has 0 aliphatic carbocycles. The Morgan fingerprint density at radius 1 is 1.04 bits per heavy atom. The molecule has 146 valence electrons. The van der Waals surface area contributed by atoms with Crippen LogP contribution >= 0.6 is 11.8 Å². The molecule has 1 amide bonds. The molecule has 0 saturated heterocycles. The lowest BCUT2D eigenvalue weighted by atomic mass is 10.1. The summed E-state index contributed by atoms with van der Waals surface area (Å²) in [5.74, 6) is 2.13. The van der Waals surface area contributed by atoms with E-state index >= 15 is 0 Å². The highest BCUT2D eigenvalue weighted by Gasteiger charge is 2.18. The maximum absolute atomic E-state index is 12.6. The van der Waals surface area contributed by atoms with E-state index < -0.39 is 0 Å². The number of hydrogen-bond donors (Lipinski definition) is 1. The Kier molecular flexibility index (Phi) is 7.85. The highest BCUT2D eigenvalue weighted by molar-refractivity contribution is 8.00. The van der Waals surface area contributed by atoms with Gasteiger partial charge in [0.2, 0.25) is 5.91 Å². The fraction of sp³-hybridized carbons (Fsp3) is 0.381. The molecular formula is C21H27NO4S. The van der Waals surface area contributed by atoms with Gasteiger partial charge in [-0.25, -0.2) is 0 Å². The normalized spacial score (nSPS) is 12.8. The summed E-state index contributed by atoms with van der Waals surface area (Å²) >= 11 is 1.48. The summed E-state index contributed by atoms with van der Waals surface area (Å²) < 4.78 is 16.0. The summed E-state index contributed by atoms with van der Waals surface area (Å²) in [4.78, 5) is 13.5. The van der Waals surface area contributed by atoms with Gasteiger partial charge in [0.25, 0.3) is 0 Å². The minimum Gasteiger partial charge on any atom is -0.494 e. The van der Waals surface area contributed by atoms with E-state index in [1.54, 1.807) is 14.2 Å². The molecule has 6 heteroatoms. The molecule has 5 nitrogen and oxygen atoms in total. The van der Waals surface area contributed by atoms with Gasteiger partial charge in [-0.3, -0.25) is 4.79 Å². The fourth-order valence-electron chi connectivity index (χ4n) is 2.58. The van der Waals surface area contributed by atoms with E-state index in [2.05, 4.69) is 5.32 Å². The van der Waals surface area contributed by atoms with E-state index in [0.717, 1.165) is 16.2 Å². The Morgan fingerprint density at radius 3 is 2.30 bits per heavy atom. The van der Waals surface area contributed by atoms with E-state index in [9.17, 15) is 4.79 Å². The van der Waals surface area contributed by atoms with Crippen LogP contribution in [-0.4, -0.2) is 32.0 Å². The number of nitrogens with one attached hydrogen (secondary N) is 1. The van der Waals surface area contributed by atoms with E-state index in [4.69, 9.17) is 14.2 Å². The van der Waals surface area contributed by atoms with Crippen LogP contribution in [0.2, 0.25) is 0 Å². The Bertz CT molecular complexity index is 748. The lowest BCUT2D eigenvalue weighted by Crippen LogP contribution is -2.33. The van der Waals surface area contributed by atoms with Gasteiger partial charge in [0.1, 0.15) is 5.75 Å². The van der Waals surface area contributed by atoms with Crippen molar-refractivity contribution in [1.82, 2.24) is 5.32 Å². The van der Waals surface area contributed by atoms with Gasteiger partial charge < -0.3 is 19.5 Å². The zero-order chi connectivity index (χ0) is 19.8. The summed E-state index contributed by atoms with van der Waals surface area (Å²) in [5, 5.41) is 2.82. The van der Waals surface area contributed by atoms with E-state index in [1.165, 1.54) is 11.8 Å². The maximum atomic E-state index is 12.6. The molecule has 2 aromatic carbocycles. The molecule has 0 unspecified atom stereocenters. The van der Waals surface area contributed by atoms with Crippen molar-refractivity contribution in [3.63, 3.8) is 0 Å². The third-order valence-corrected chi connectivity index (χ3v) is 5.18. The van der Waals surface area contributed by atoms with Gasteiger partial charge in [0, 0.05) is 4.90 Å². The van der Waals surface area contributed by atoms with Gasteiger partial charge in [-0.05, 0) is 56.7 Å². The zero-order valence-corrected chi connectivity index (χ0v) is 17.3. The second-order valence-electron chi connectivity index (χ2n) is 6.01. The lowest BCUT2D eigenvalue weighted by molar-refractivity contribution is -0.120. The topological polar surface area (TPSA) is 56.8 Å². The van der Waals surface area contributed by atoms with Crippen molar-refractivity contribution >= 4 is 17.7 Å². The lowest BCUT2D eigenvalue weighted by Gasteiger charge is -2.18. The third kappa shape index (κ3) is 5.82. The number of benzene rings is 2. The van der Waals surface area contributed by atoms with Crippen molar-refractivity contribution in [2.24, 2.45) is 0 Å². The van der Waals surface area contributed by atoms with Gasteiger partial charge in [0.05, 0.1) is 32.1 Å². The Labute approximate surface area is 165 Å². The number of amides is 1. The predicted molar refractivity (Wildman–Crippen MR) is 109 cm³/mol. The smallest absolute Gasteiger partial charge is 0.233 e. The molecule has 0 bridgehead atoms. The zero-order valence-electron chi connectivity index (χ0n) is 16.4. The van der Waals surface area contributed by atoms with Gasteiger partial charge >= 0.3 is 0 Å². The summed E-state index contributed by atoms with van der Waals surface area (Å²) in [6, 6.07) is 13.3. The van der Waals surface area contributed by atoms with Crippen LogP contribution in [0.4, 0.5) is 0 Å². The number of carbonyl (C=O) groups is 1. The van der Waals surface area contributed by atoms with E-state index in [0.29, 0.717) is 18.1 Å². The van der Waals surface area contributed by atoms with Crippen molar-refractivity contribution in [2.75, 3.05) is 20.8 Å². The molecule has 0 radical (unpaired) electrons. The quantitative estimate of drug-likeness (QED) is 0.642. The van der Waals surface area contributed by atoms with Crippen molar-refractivity contribution in [3.05, 3.63) is 48.0 Å². The van der Waals surface area contributed by atoms with Crippen LogP contribution in [0, 0.1) is 0 Å². The Hall–Kier alpha value is -2.34. The third-order valence-electron chi connectivity index (χ3n) is 4.09. The maximum Gasteiger partial charge on any atom is 0.233 e. The number of ether oxygens (including phenoxy) is 3. The summed E-state index contributed by atoms with van der Waals surface area (Å²) in [6.45, 7) is 6.45. The van der Waals surface area contributed by atoms with E-state index in [-0.39, 0.29) is 17.2 Å². The van der Waals surface area contributed by atoms with Crippen molar-refractivity contribution in [3.8, 4) is 17.2 Å². The van der Waals surface area contributed by atoms with E-state index in [1.807, 2.05) is 63.2 Å². The first-order valence-electron chi connectivity index (χ1n) is 8.90. The predicted octanol–water partition coefficient (Wildman–Crippen LogP) is 4.46. The molecule has 0 aromatic heterocycles. The van der Waals surface area contributed by atoms with Crippen LogP contribution in [0.5, 0.6) is 17.2 Å². The van der Waals surface area contributed by atoms with Crippen molar-refractivity contribution < 1.29 is 19.0 Å². The van der Waals surface area contributed by atoms with Crippen LogP contribution in [0.1, 0.15) is 32.4 Å². The average molecular weight is 390 g/mol. The highest BCUT2D eigenvalue weighted by Crippen LogP contribution is 2.33. The molecule has 2 rings (SSSR count). The Balaban J connectivity index is 1.96. The number of rotatable bonds is 9. The number of carbonyl (C=O) groups excluding carboxylic acids is 1. The number of thioether (sulfide) groups is 1. The molecule has 0 aliphatic heterocycles. The van der Waals surface area contributed by atoms with Crippen molar-refractivity contribution in [2.45, 2.75) is 37.0 Å². The summed E-state index contributed by atoms with van der Waals surface area (Å²) in [5.41, 5.74) is 1.04. The molecule has 1 N–H and O–H groups in total. The molecule has 0 saturated carbocycles. The van der Waals surface area contributed by atoms with Crippen molar-refractivity contribution in [1.29, 1.82) is 0 Å². The van der Waals surface area contributed by atoms with Gasteiger partial charge in [-0.1, -0.05) is 12.1 Å². The Morgan fingerprint density at radius 2 is 1.70 bits per heavy atom. The molecule has 0 aliphatic rings. The average Bonchev–Trinajstić information content (AvgIpc) is 2.68. The minimum absolute atomic E-state index is 0.0174. The SMILES string of the molecule is CCOc1ccc([C@@H](C)NC(=O)[C@@H](C)Sc2ccc(OC)c(OC)c2)cc1. The van der Waals surface area contributed by atoms with Crippen LogP contribution in [-0.2, 0) is 4.79 Å². The van der Waals surface area contributed by atoms with Crippen LogP contribution in [0.25, 0.3) is 0 Å². The standard InChI is InChI=1S/C21H27NO4S/c1-6-26-17-9-7-16(8-10-17)14(2)22-21(23)15(3)27-18-11-12-19(24-4)20(13-18)25-5/h7-15H,6H2,1-5H3,(H,22,23)/t14-,15-/m1/s1. The molecule has 0 fully saturated rings. The highest BCUT2D eigenvalue weighted by atomic mass is 32.2. The monoisotopic (exact) mass is 389 g/mol. The van der Waals surface area contributed by atoms with Crippen LogP contribution in [0.3, 0.4) is 0 Å². The van der Waals surface area contributed by atoms with Crippen LogP contribution in [0.15, 0.2) is 47.4 Å². The first kappa shape index (κ1) is 21.0. The largest absolute Gasteiger partial charge is 0.494 e. The molecular weight excluding hydrogens is 362 g/mol. The van der Waals surface area contributed by atoms with Gasteiger partial charge in [-0.15, -0.1) is 11.8 Å².